The molecule has 1 amide bonds. The summed E-state index contributed by atoms with van der Waals surface area (Å²) in [4.78, 5) is 27.7. The fourth-order valence-corrected chi connectivity index (χ4v) is 5.14. The Labute approximate surface area is 177 Å². The second-order valence-corrected chi connectivity index (χ2v) is 9.36. The SMILES string of the molecule is Cc1cccc(CC(=O)N2CCC(c3ncnc4[nH]ccc34)CCCC3(CC3)C2)c1. The minimum absolute atomic E-state index is 0.266. The summed E-state index contributed by atoms with van der Waals surface area (Å²) in [6.45, 7) is 3.82. The molecule has 3 heterocycles. The highest BCUT2D eigenvalue weighted by atomic mass is 16.2. The van der Waals surface area contributed by atoms with Crippen LogP contribution in [0.1, 0.15) is 61.3 Å². The Morgan fingerprint density at radius 2 is 2.10 bits per heavy atom. The van der Waals surface area contributed by atoms with E-state index in [1.807, 2.05) is 12.3 Å². The van der Waals surface area contributed by atoms with E-state index in [1.165, 1.54) is 31.2 Å². The van der Waals surface area contributed by atoms with E-state index in [0.29, 0.717) is 17.8 Å². The maximum atomic E-state index is 13.3. The third-order valence-electron chi connectivity index (χ3n) is 7.05. The lowest BCUT2D eigenvalue weighted by atomic mass is 9.91. The first kappa shape index (κ1) is 19.3. The van der Waals surface area contributed by atoms with Crippen molar-refractivity contribution in [2.75, 3.05) is 13.1 Å². The lowest BCUT2D eigenvalue weighted by Crippen LogP contribution is -2.38. The molecule has 1 aliphatic heterocycles. The molecule has 5 rings (SSSR count). The van der Waals surface area contributed by atoms with Gasteiger partial charge < -0.3 is 9.88 Å². The third kappa shape index (κ3) is 3.98. The molecule has 1 saturated heterocycles. The van der Waals surface area contributed by atoms with Gasteiger partial charge in [0, 0.05) is 30.6 Å². The fraction of sp³-hybridized carbons (Fsp3) is 0.480. The Hall–Kier alpha value is -2.69. The number of nitrogens with zero attached hydrogens (tertiary/aromatic N) is 3. The number of amides is 1. The van der Waals surface area contributed by atoms with E-state index in [9.17, 15) is 4.79 Å². The predicted molar refractivity (Wildman–Crippen MR) is 118 cm³/mol. The van der Waals surface area contributed by atoms with Gasteiger partial charge >= 0.3 is 0 Å². The van der Waals surface area contributed by atoms with Gasteiger partial charge in [0.05, 0.1) is 12.1 Å². The van der Waals surface area contributed by atoms with Crippen LogP contribution in [-0.4, -0.2) is 38.8 Å². The van der Waals surface area contributed by atoms with E-state index < -0.39 is 0 Å². The summed E-state index contributed by atoms with van der Waals surface area (Å²) in [5, 5.41) is 1.13. The molecule has 1 saturated carbocycles. The van der Waals surface area contributed by atoms with Crippen LogP contribution in [0.25, 0.3) is 11.0 Å². The average molecular weight is 403 g/mol. The molecule has 1 N–H and O–H groups in total. The zero-order valence-electron chi connectivity index (χ0n) is 17.7. The molecule has 2 aromatic heterocycles. The number of carbonyl (C=O) groups is 1. The van der Waals surface area contributed by atoms with E-state index in [-0.39, 0.29) is 5.91 Å². The topological polar surface area (TPSA) is 61.9 Å². The molecule has 1 unspecified atom stereocenters. The maximum absolute atomic E-state index is 13.3. The highest BCUT2D eigenvalue weighted by Gasteiger charge is 2.44. The van der Waals surface area contributed by atoms with Crippen LogP contribution in [0.15, 0.2) is 42.9 Å². The number of aryl methyl sites for hydroxylation is 1. The van der Waals surface area contributed by atoms with Crippen molar-refractivity contribution in [2.24, 2.45) is 5.41 Å². The summed E-state index contributed by atoms with van der Waals surface area (Å²) in [6, 6.07) is 10.4. The molecule has 156 valence electrons. The predicted octanol–water partition coefficient (Wildman–Crippen LogP) is 4.78. The zero-order valence-corrected chi connectivity index (χ0v) is 17.7. The summed E-state index contributed by atoms with van der Waals surface area (Å²) in [5.41, 5.74) is 4.74. The second-order valence-electron chi connectivity index (χ2n) is 9.36. The van der Waals surface area contributed by atoms with Crippen molar-refractivity contribution in [3.8, 4) is 0 Å². The molecule has 1 spiro atoms. The second kappa shape index (κ2) is 7.86. The summed E-state index contributed by atoms with van der Waals surface area (Å²) < 4.78 is 0. The Morgan fingerprint density at radius 1 is 1.20 bits per heavy atom. The molecule has 30 heavy (non-hydrogen) atoms. The average Bonchev–Trinajstić information content (AvgIpc) is 3.29. The van der Waals surface area contributed by atoms with Gasteiger partial charge in [0.25, 0.3) is 0 Å². The first-order valence-electron chi connectivity index (χ1n) is 11.2. The Morgan fingerprint density at radius 3 is 2.93 bits per heavy atom. The Balaban J connectivity index is 1.37. The molecular formula is C25H30N4O. The molecule has 3 aromatic rings. The largest absolute Gasteiger partial charge is 0.346 e. The van der Waals surface area contributed by atoms with Gasteiger partial charge in [-0.3, -0.25) is 4.79 Å². The third-order valence-corrected chi connectivity index (χ3v) is 7.05. The van der Waals surface area contributed by atoms with Crippen LogP contribution in [0.2, 0.25) is 0 Å². The molecule has 1 aromatic carbocycles. The van der Waals surface area contributed by atoms with Crippen molar-refractivity contribution in [3.05, 3.63) is 59.7 Å². The van der Waals surface area contributed by atoms with Gasteiger partial charge in [0.2, 0.25) is 5.91 Å². The van der Waals surface area contributed by atoms with Crippen molar-refractivity contribution >= 4 is 16.9 Å². The molecule has 1 aliphatic carbocycles. The van der Waals surface area contributed by atoms with Gasteiger partial charge in [0.1, 0.15) is 12.0 Å². The molecule has 5 nitrogen and oxygen atoms in total. The first-order chi connectivity index (χ1) is 14.6. The lowest BCUT2D eigenvalue weighted by molar-refractivity contribution is -0.131. The van der Waals surface area contributed by atoms with Gasteiger partial charge in [-0.1, -0.05) is 36.2 Å². The molecular weight excluding hydrogens is 372 g/mol. The van der Waals surface area contributed by atoms with Crippen LogP contribution in [0, 0.1) is 12.3 Å². The van der Waals surface area contributed by atoms with Gasteiger partial charge in [-0.15, -0.1) is 0 Å². The van der Waals surface area contributed by atoms with Gasteiger partial charge in [-0.25, -0.2) is 9.97 Å². The Kier molecular flexibility index (Phi) is 5.05. The number of rotatable bonds is 3. The number of carbonyl (C=O) groups excluding carboxylic acids is 1. The van der Waals surface area contributed by atoms with Crippen LogP contribution in [0.4, 0.5) is 0 Å². The molecule has 0 radical (unpaired) electrons. The molecule has 1 atom stereocenters. The number of H-pyrrole nitrogens is 1. The number of hydrogen-bond donors (Lipinski definition) is 1. The standard InChI is InChI=1S/C25H30N4O/c1-18-4-2-5-19(14-18)15-22(30)29-13-8-20(6-3-9-25(16-29)10-11-25)23-21-7-12-26-24(21)28-17-27-23/h2,4-5,7,12,14,17,20H,3,6,8-11,13,15-16H2,1H3,(H,26,27,28). The van der Waals surface area contributed by atoms with Crippen molar-refractivity contribution in [2.45, 2.75) is 57.8 Å². The monoisotopic (exact) mass is 402 g/mol. The lowest BCUT2D eigenvalue weighted by Gasteiger charge is -2.27. The number of aromatic nitrogens is 3. The van der Waals surface area contributed by atoms with Gasteiger partial charge in [-0.05, 0) is 56.1 Å². The van der Waals surface area contributed by atoms with Crippen LogP contribution >= 0.6 is 0 Å². The molecule has 2 fully saturated rings. The Bertz CT molecular complexity index is 1050. The van der Waals surface area contributed by atoms with Gasteiger partial charge in [0.15, 0.2) is 0 Å². The smallest absolute Gasteiger partial charge is 0.227 e. The van der Waals surface area contributed by atoms with Crippen molar-refractivity contribution in [3.63, 3.8) is 0 Å². The quantitative estimate of drug-likeness (QED) is 0.686. The summed E-state index contributed by atoms with van der Waals surface area (Å²) in [7, 11) is 0. The van der Waals surface area contributed by atoms with Crippen molar-refractivity contribution in [1.29, 1.82) is 0 Å². The fourth-order valence-electron chi connectivity index (χ4n) is 5.14. The number of hydrogen-bond acceptors (Lipinski definition) is 3. The number of aromatic amines is 1. The van der Waals surface area contributed by atoms with Crippen molar-refractivity contribution < 1.29 is 4.79 Å². The number of fused-ring (bicyclic) bond motifs is 1. The molecule has 0 bridgehead atoms. The molecule has 2 aliphatic rings. The summed E-state index contributed by atoms with van der Waals surface area (Å²) in [5.74, 6) is 0.636. The zero-order chi connectivity index (χ0) is 20.6. The van der Waals surface area contributed by atoms with Gasteiger partial charge in [-0.2, -0.15) is 0 Å². The van der Waals surface area contributed by atoms with E-state index in [0.717, 1.165) is 48.2 Å². The normalized spacial score (nSPS) is 21.2. The number of benzene rings is 1. The number of nitrogens with one attached hydrogen (secondary N) is 1. The van der Waals surface area contributed by atoms with E-state index in [4.69, 9.17) is 0 Å². The van der Waals surface area contributed by atoms with Crippen LogP contribution in [0.5, 0.6) is 0 Å². The van der Waals surface area contributed by atoms with Crippen LogP contribution in [-0.2, 0) is 11.2 Å². The maximum Gasteiger partial charge on any atom is 0.227 e. The van der Waals surface area contributed by atoms with Crippen LogP contribution in [0.3, 0.4) is 0 Å². The minimum Gasteiger partial charge on any atom is -0.346 e. The highest BCUT2D eigenvalue weighted by molar-refractivity contribution is 5.79. The van der Waals surface area contributed by atoms with E-state index in [2.05, 4.69) is 51.0 Å². The molecule has 5 heteroatoms. The minimum atomic E-state index is 0.266. The highest BCUT2D eigenvalue weighted by Crippen LogP contribution is 2.51. The van der Waals surface area contributed by atoms with E-state index in [1.54, 1.807) is 6.33 Å². The first-order valence-corrected chi connectivity index (χ1v) is 11.2. The summed E-state index contributed by atoms with van der Waals surface area (Å²) in [6.07, 6.45) is 11.2. The van der Waals surface area contributed by atoms with E-state index >= 15 is 0 Å². The summed E-state index contributed by atoms with van der Waals surface area (Å²) >= 11 is 0. The van der Waals surface area contributed by atoms with Crippen molar-refractivity contribution in [1.82, 2.24) is 19.9 Å². The van der Waals surface area contributed by atoms with Crippen LogP contribution < -0.4 is 0 Å².